The molecular weight excluding hydrogens is 579 g/mol. The summed E-state index contributed by atoms with van der Waals surface area (Å²) in [5.74, 6) is -0.839. The van der Waals surface area contributed by atoms with Crippen LogP contribution in [0.25, 0.3) is 11.3 Å². The van der Waals surface area contributed by atoms with Crippen LogP contribution in [0.1, 0.15) is 78.0 Å². The van der Waals surface area contributed by atoms with Crippen LogP contribution < -0.4 is 4.90 Å². The third kappa shape index (κ3) is 7.59. The molecule has 232 valence electrons. The Morgan fingerprint density at radius 1 is 1.07 bits per heavy atom. The Morgan fingerprint density at radius 3 is 2.44 bits per heavy atom. The largest absolute Gasteiger partial charge is 0.481 e. The molecule has 5 rings (SSSR count). The third-order valence-electron chi connectivity index (χ3n) is 8.14. The number of likely N-dealkylation sites (tertiary alicyclic amines) is 1. The summed E-state index contributed by atoms with van der Waals surface area (Å²) in [6, 6.07) is 4.40. The smallest absolute Gasteiger partial charge is 0.416 e. The van der Waals surface area contributed by atoms with Crippen molar-refractivity contribution in [3.8, 4) is 11.3 Å². The summed E-state index contributed by atoms with van der Waals surface area (Å²) in [6.45, 7) is 6.37. The number of Topliss-reactive ketones (excluding diaryl/α,β-unsaturated/α-hetero) is 1. The maximum Gasteiger partial charge on any atom is 0.416 e. The molecule has 2 saturated heterocycles. The number of alkyl halides is 3. The number of halogens is 3. The van der Waals surface area contributed by atoms with Crippen LogP contribution >= 0.6 is 11.3 Å². The van der Waals surface area contributed by atoms with E-state index >= 15 is 0 Å². The van der Waals surface area contributed by atoms with Gasteiger partial charge in [-0.25, -0.2) is 15.0 Å². The van der Waals surface area contributed by atoms with Crippen molar-refractivity contribution in [1.82, 2.24) is 19.9 Å². The average molecular weight is 618 g/mol. The van der Waals surface area contributed by atoms with Crippen LogP contribution in [0.2, 0.25) is 0 Å². The van der Waals surface area contributed by atoms with E-state index in [0.29, 0.717) is 66.2 Å². The lowest BCUT2D eigenvalue weighted by atomic mass is 9.97. The molecule has 0 spiro atoms. The van der Waals surface area contributed by atoms with Crippen LogP contribution in [0, 0.1) is 12.8 Å². The summed E-state index contributed by atoms with van der Waals surface area (Å²) in [5, 5.41) is 9.73. The van der Waals surface area contributed by atoms with Crippen molar-refractivity contribution in [2.45, 2.75) is 78.6 Å². The van der Waals surface area contributed by atoms with E-state index in [0.717, 1.165) is 42.8 Å². The lowest BCUT2D eigenvalue weighted by Crippen LogP contribution is -2.36. The number of carbonyl (C=O) groups is 2. The summed E-state index contributed by atoms with van der Waals surface area (Å²) in [5.41, 5.74) is 0.842. The van der Waals surface area contributed by atoms with Crippen LogP contribution in [0.5, 0.6) is 0 Å². The van der Waals surface area contributed by atoms with Gasteiger partial charge in [0, 0.05) is 36.1 Å². The number of hydrogen-bond acceptors (Lipinski definition) is 8. The molecule has 2 aliphatic rings. The number of piperidine rings is 1. The molecule has 43 heavy (non-hydrogen) atoms. The Bertz CT molecular complexity index is 1440. The van der Waals surface area contributed by atoms with Crippen molar-refractivity contribution in [2.75, 3.05) is 24.5 Å². The van der Waals surface area contributed by atoms with Crippen LogP contribution in [-0.2, 0) is 23.9 Å². The fraction of sp³-hybridized carbons (Fsp3) is 0.516. The molecule has 0 aliphatic carbocycles. The first kappa shape index (κ1) is 32.5. The summed E-state index contributed by atoms with van der Waals surface area (Å²) >= 11 is 1.37. The van der Waals surface area contributed by atoms with Crippen molar-refractivity contribution in [3.63, 3.8) is 0 Å². The number of carboxylic acid groups (broad SMARTS) is 1. The van der Waals surface area contributed by atoms with E-state index in [9.17, 15) is 27.9 Å². The number of rotatable bonds is 9. The molecule has 0 saturated carbocycles. The van der Waals surface area contributed by atoms with Gasteiger partial charge in [-0.05, 0) is 69.3 Å². The number of carbonyl (C=O) groups excluding carboxylic acids is 1. The van der Waals surface area contributed by atoms with Gasteiger partial charge in [-0.3, -0.25) is 14.5 Å². The molecule has 1 atom stereocenters. The van der Waals surface area contributed by atoms with Crippen LogP contribution in [0.15, 0.2) is 30.6 Å². The van der Waals surface area contributed by atoms with Crippen LogP contribution in [0.3, 0.4) is 0 Å². The first-order valence-electron chi connectivity index (χ1n) is 14.3. The van der Waals surface area contributed by atoms with E-state index in [1.54, 1.807) is 13.0 Å². The number of aryl methyl sites for hydroxylation is 1. The fourth-order valence-electron chi connectivity index (χ4n) is 5.85. The van der Waals surface area contributed by atoms with E-state index in [1.165, 1.54) is 23.7 Å². The Balaban J connectivity index is 0.00000423. The highest BCUT2D eigenvalue weighted by Crippen LogP contribution is 2.37. The van der Waals surface area contributed by atoms with Crippen LogP contribution in [-0.4, -0.2) is 62.4 Å². The second-order valence-corrected chi connectivity index (χ2v) is 12.3. The molecule has 2 aromatic heterocycles. The molecule has 0 amide bonds. The van der Waals surface area contributed by atoms with Crippen molar-refractivity contribution < 1.29 is 27.9 Å². The Kier molecular flexibility index (Phi) is 10.2. The number of nitrogens with zero attached hydrogens (tertiary/aromatic N) is 5. The maximum atomic E-state index is 13.6. The molecule has 12 heteroatoms. The molecule has 0 radical (unpaired) electrons. The SMILES string of the molecule is C.CC[C@@H]1CCCN1Cc1sc(CC(=O)c2cnc(N3CCC(C(=O)O)CC3)cn2)nc1-c1cc(C)cc(C(F)(F)F)c1. The molecule has 0 bridgehead atoms. The summed E-state index contributed by atoms with van der Waals surface area (Å²) in [7, 11) is 0. The zero-order valence-corrected chi connectivity index (χ0v) is 24.5. The minimum absolute atomic E-state index is 0. The number of hydrogen-bond donors (Lipinski definition) is 1. The zero-order valence-electron chi connectivity index (χ0n) is 23.7. The minimum atomic E-state index is -4.48. The van der Waals surface area contributed by atoms with E-state index in [-0.39, 0.29) is 31.2 Å². The van der Waals surface area contributed by atoms with Gasteiger partial charge in [0.2, 0.25) is 0 Å². The van der Waals surface area contributed by atoms with Crippen molar-refractivity contribution >= 4 is 28.9 Å². The second kappa shape index (κ2) is 13.5. The third-order valence-corrected chi connectivity index (χ3v) is 9.18. The molecular formula is C31H38F3N5O3S. The zero-order chi connectivity index (χ0) is 30.0. The van der Waals surface area contributed by atoms with Crippen molar-refractivity contribution in [2.24, 2.45) is 5.92 Å². The fourth-order valence-corrected chi connectivity index (χ4v) is 6.97. The molecule has 4 heterocycles. The van der Waals surface area contributed by atoms with Crippen molar-refractivity contribution in [3.05, 3.63) is 57.3 Å². The monoisotopic (exact) mass is 617 g/mol. The molecule has 1 aromatic carbocycles. The van der Waals surface area contributed by atoms with Gasteiger partial charge in [0.25, 0.3) is 0 Å². The number of aliphatic carboxylic acids is 1. The van der Waals surface area contributed by atoms with Gasteiger partial charge in [-0.15, -0.1) is 11.3 Å². The minimum Gasteiger partial charge on any atom is -0.481 e. The van der Waals surface area contributed by atoms with E-state index in [1.807, 2.05) is 4.90 Å². The van der Waals surface area contributed by atoms with Gasteiger partial charge in [-0.2, -0.15) is 13.2 Å². The average Bonchev–Trinajstić information content (AvgIpc) is 3.58. The highest BCUT2D eigenvalue weighted by Gasteiger charge is 2.32. The number of thiazole rings is 1. The summed E-state index contributed by atoms with van der Waals surface area (Å²) in [6.07, 6.45) is 2.63. The predicted molar refractivity (Wildman–Crippen MR) is 160 cm³/mol. The normalized spacial score (nSPS) is 18.1. The van der Waals surface area contributed by atoms with E-state index in [4.69, 9.17) is 4.98 Å². The lowest BCUT2D eigenvalue weighted by Gasteiger charge is -2.30. The number of aromatic nitrogens is 3. The Hall–Kier alpha value is -3.38. The molecule has 2 aliphatic heterocycles. The number of anilines is 1. The van der Waals surface area contributed by atoms with E-state index in [2.05, 4.69) is 21.8 Å². The number of benzene rings is 1. The highest BCUT2D eigenvalue weighted by molar-refractivity contribution is 7.12. The second-order valence-electron chi connectivity index (χ2n) is 11.1. The predicted octanol–water partition coefficient (Wildman–Crippen LogP) is 6.66. The topological polar surface area (TPSA) is 99.5 Å². The first-order valence-corrected chi connectivity index (χ1v) is 15.1. The molecule has 3 aromatic rings. The summed E-state index contributed by atoms with van der Waals surface area (Å²) in [4.78, 5) is 43.0. The van der Waals surface area contributed by atoms with E-state index < -0.39 is 17.7 Å². The van der Waals surface area contributed by atoms with Crippen LogP contribution in [0.4, 0.5) is 19.0 Å². The quantitative estimate of drug-likeness (QED) is 0.266. The molecule has 1 N–H and O–H groups in total. The first-order chi connectivity index (χ1) is 20.0. The Labute approximate surface area is 254 Å². The summed E-state index contributed by atoms with van der Waals surface area (Å²) < 4.78 is 40.9. The van der Waals surface area contributed by atoms with Gasteiger partial charge >= 0.3 is 12.1 Å². The van der Waals surface area contributed by atoms with Gasteiger partial charge in [0.05, 0.1) is 36.0 Å². The molecule has 8 nitrogen and oxygen atoms in total. The molecule has 2 fully saturated rings. The standard InChI is InChI=1S/C30H34F3N5O3S.CH4/c1-3-22-5-4-8-38(22)17-25-28(20-11-18(2)12-21(13-20)30(31,32)33)36-27(42-25)14-24(39)23-15-35-26(16-34-23)37-9-6-19(7-10-37)29(40)41;/h11-13,15-16,19,22H,3-10,14,17H2,1-2H3,(H,40,41);1H4/t22-;/m1./s1. The van der Waals surface area contributed by atoms with Gasteiger partial charge in [-0.1, -0.05) is 14.4 Å². The van der Waals surface area contributed by atoms with Gasteiger partial charge < -0.3 is 10.0 Å². The van der Waals surface area contributed by atoms with Crippen molar-refractivity contribution in [1.29, 1.82) is 0 Å². The Morgan fingerprint density at radius 2 is 1.81 bits per heavy atom. The number of ketones is 1. The number of carboxylic acids is 1. The molecule has 0 unspecified atom stereocenters. The highest BCUT2D eigenvalue weighted by atomic mass is 32.1. The lowest BCUT2D eigenvalue weighted by molar-refractivity contribution is -0.142. The maximum absolute atomic E-state index is 13.6. The van der Waals surface area contributed by atoms with Gasteiger partial charge in [0.15, 0.2) is 5.78 Å². The van der Waals surface area contributed by atoms with Gasteiger partial charge in [0.1, 0.15) is 16.5 Å².